The average Bonchev–Trinajstić information content (AvgIpc) is 2.23. The molecular formula is C15H35IN4. The van der Waals surface area contributed by atoms with E-state index in [4.69, 9.17) is 4.99 Å². The molecule has 0 heterocycles. The molecule has 5 heteroatoms. The van der Waals surface area contributed by atoms with Crippen molar-refractivity contribution in [1.82, 2.24) is 15.5 Å². The van der Waals surface area contributed by atoms with Gasteiger partial charge in [-0.1, -0.05) is 27.7 Å². The number of halogens is 1. The highest BCUT2D eigenvalue weighted by molar-refractivity contribution is 14.0. The Kier molecular flexibility index (Phi) is 12.9. The monoisotopic (exact) mass is 398 g/mol. The number of nitrogens with one attached hydrogen (secondary N) is 2. The molecule has 0 rings (SSSR count). The van der Waals surface area contributed by atoms with Crippen LogP contribution in [0.15, 0.2) is 4.99 Å². The summed E-state index contributed by atoms with van der Waals surface area (Å²) in [6.07, 6.45) is 1.17. The molecule has 0 unspecified atom stereocenters. The van der Waals surface area contributed by atoms with Crippen molar-refractivity contribution in [2.24, 2.45) is 16.3 Å². The van der Waals surface area contributed by atoms with Crippen molar-refractivity contribution in [1.29, 1.82) is 0 Å². The predicted molar refractivity (Wildman–Crippen MR) is 101 cm³/mol. The van der Waals surface area contributed by atoms with Gasteiger partial charge >= 0.3 is 0 Å². The number of hydrogen-bond acceptors (Lipinski definition) is 2. The molecule has 0 radical (unpaired) electrons. The van der Waals surface area contributed by atoms with Crippen molar-refractivity contribution in [3.05, 3.63) is 0 Å². The van der Waals surface area contributed by atoms with Gasteiger partial charge in [0.1, 0.15) is 0 Å². The fourth-order valence-electron chi connectivity index (χ4n) is 2.02. The Balaban J connectivity index is 0. The summed E-state index contributed by atoms with van der Waals surface area (Å²) in [5.74, 6) is 1.66. The van der Waals surface area contributed by atoms with Gasteiger partial charge in [0.25, 0.3) is 0 Å². The van der Waals surface area contributed by atoms with Crippen LogP contribution in [0.25, 0.3) is 0 Å². The van der Waals surface area contributed by atoms with Crippen molar-refractivity contribution >= 4 is 29.9 Å². The smallest absolute Gasteiger partial charge is 0.191 e. The van der Waals surface area contributed by atoms with E-state index < -0.39 is 0 Å². The lowest BCUT2D eigenvalue weighted by Crippen LogP contribution is -2.39. The standard InChI is InChI=1S/C15H34N4.HI/c1-8-16-14(17-10-9-13(2)3)18-11-15(4,5)12-19(6)7;/h13H,8-12H2,1-7H3,(H2,16,17,18);1H. The Morgan fingerprint density at radius 2 is 1.80 bits per heavy atom. The lowest BCUT2D eigenvalue weighted by Gasteiger charge is -2.26. The van der Waals surface area contributed by atoms with E-state index >= 15 is 0 Å². The summed E-state index contributed by atoms with van der Waals surface area (Å²) in [5, 5.41) is 6.71. The normalized spacial score (nSPS) is 12.6. The SMILES string of the molecule is CCNC(=NCC(C)(C)CN(C)C)NCCC(C)C.I. The van der Waals surface area contributed by atoms with Gasteiger partial charge in [0.2, 0.25) is 0 Å². The van der Waals surface area contributed by atoms with Crippen LogP contribution in [0.4, 0.5) is 0 Å². The lowest BCUT2D eigenvalue weighted by molar-refractivity contribution is 0.248. The zero-order valence-corrected chi connectivity index (χ0v) is 16.7. The van der Waals surface area contributed by atoms with E-state index in [0.29, 0.717) is 0 Å². The first-order valence-electron chi connectivity index (χ1n) is 7.43. The molecule has 0 amide bonds. The second-order valence-corrected chi connectivity index (χ2v) is 6.71. The molecule has 0 aromatic heterocycles. The van der Waals surface area contributed by atoms with Gasteiger partial charge in [-0.3, -0.25) is 4.99 Å². The van der Waals surface area contributed by atoms with Gasteiger partial charge < -0.3 is 15.5 Å². The maximum atomic E-state index is 4.70. The molecule has 122 valence electrons. The minimum Gasteiger partial charge on any atom is -0.357 e. The van der Waals surface area contributed by atoms with Crippen LogP contribution in [-0.4, -0.2) is 51.1 Å². The molecule has 0 bridgehead atoms. The van der Waals surface area contributed by atoms with E-state index in [1.165, 1.54) is 6.42 Å². The largest absolute Gasteiger partial charge is 0.357 e. The van der Waals surface area contributed by atoms with Gasteiger partial charge in [-0.25, -0.2) is 0 Å². The van der Waals surface area contributed by atoms with Crippen molar-refractivity contribution < 1.29 is 0 Å². The average molecular weight is 398 g/mol. The van der Waals surface area contributed by atoms with Gasteiger partial charge in [0, 0.05) is 26.2 Å². The molecule has 0 saturated carbocycles. The first-order valence-corrected chi connectivity index (χ1v) is 7.43. The Bertz CT molecular complexity index is 263. The number of rotatable bonds is 8. The van der Waals surface area contributed by atoms with E-state index in [-0.39, 0.29) is 29.4 Å². The molecule has 2 N–H and O–H groups in total. The molecular weight excluding hydrogens is 363 g/mol. The summed E-state index contributed by atoms with van der Waals surface area (Å²) in [6.45, 7) is 14.9. The number of nitrogens with zero attached hydrogens (tertiary/aromatic N) is 2. The predicted octanol–water partition coefficient (Wildman–Crippen LogP) is 2.79. The Labute approximate surface area is 143 Å². The fraction of sp³-hybridized carbons (Fsp3) is 0.933. The molecule has 0 aliphatic carbocycles. The molecule has 4 nitrogen and oxygen atoms in total. The fourth-order valence-corrected chi connectivity index (χ4v) is 2.02. The van der Waals surface area contributed by atoms with Crippen molar-refractivity contribution in [3.63, 3.8) is 0 Å². The number of guanidine groups is 1. The van der Waals surface area contributed by atoms with Crippen LogP contribution >= 0.6 is 24.0 Å². The van der Waals surface area contributed by atoms with Crippen molar-refractivity contribution in [3.8, 4) is 0 Å². The summed E-state index contributed by atoms with van der Waals surface area (Å²) in [5.41, 5.74) is 0.198. The summed E-state index contributed by atoms with van der Waals surface area (Å²) in [6, 6.07) is 0. The second-order valence-electron chi connectivity index (χ2n) is 6.71. The van der Waals surface area contributed by atoms with Gasteiger partial charge in [-0.15, -0.1) is 24.0 Å². The van der Waals surface area contributed by atoms with E-state index in [1.54, 1.807) is 0 Å². The molecule has 20 heavy (non-hydrogen) atoms. The highest BCUT2D eigenvalue weighted by Crippen LogP contribution is 2.15. The summed E-state index contributed by atoms with van der Waals surface area (Å²) >= 11 is 0. The molecule has 0 aromatic rings. The number of hydrogen-bond donors (Lipinski definition) is 2. The molecule has 0 aliphatic heterocycles. The van der Waals surface area contributed by atoms with Crippen LogP contribution in [0, 0.1) is 11.3 Å². The minimum absolute atomic E-state index is 0. The van der Waals surface area contributed by atoms with Crippen LogP contribution in [0.2, 0.25) is 0 Å². The van der Waals surface area contributed by atoms with Crippen molar-refractivity contribution in [2.75, 3.05) is 40.3 Å². The van der Waals surface area contributed by atoms with Gasteiger partial charge in [-0.2, -0.15) is 0 Å². The third-order valence-electron chi connectivity index (χ3n) is 2.77. The van der Waals surface area contributed by atoms with Gasteiger partial charge in [0.05, 0.1) is 0 Å². The van der Waals surface area contributed by atoms with Gasteiger partial charge in [0.15, 0.2) is 5.96 Å². The minimum atomic E-state index is 0. The highest BCUT2D eigenvalue weighted by Gasteiger charge is 2.18. The van der Waals surface area contributed by atoms with Crippen LogP contribution in [0.3, 0.4) is 0 Å². The zero-order chi connectivity index (χ0) is 14.9. The van der Waals surface area contributed by atoms with Crippen LogP contribution in [0.1, 0.15) is 41.0 Å². The second kappa shape index (κ2) is 11.6. The Morgan fingerprint density at radius 1 is 1.20 bits per heavy atom. The van der Waals surface area contributed by atoms with Crippen LogP contribution < -0.4 is 10.6 Å². The lowest BCUT2D eigenvalue weighted by atomic mass is 9.93. The maximum Gasteiger partial charge on any atom is 0.191 e. The van der Waals surface area contributed by atoms with Crippen LogP contribution in [0.5, 0.6) is 0 Å². The van der Waals surface area contributed by atoms with E-state index in [9.17, 15) is 0 Å². The van der Waals surface area contributed by atoms with E-state index in [2.05, 4.69) is 64.2 Å². The maximum absolute atomic E-state index is 4.70. The first kappa shape index (κ1) is 22.2. The first-order chi connectivity index (χ1) is 8.76. The zero-order valence-electron chi connectivity index (χ0n) is 14.4. The van der Waals surface area contributed by atoms with Gasteiger partial charge in [-0.05, 0) is 38.8 Å². The molecule has 0 saturated heterocycles. The summed E-state index contributed by atoms with van der Waals surface area (Å²) < 4.78 is 0. The van der Waals surface area contributed by atoms with E-state index in [0.717, 1.165) is 38.1 Å². The highest BCUT2D eigenvalue weighted by atomic mass is 127. The Morgan fingerprint density at radius 3 is 2.25 bits per heavy atom. The van der Waals surface area contributed by atoms with Crippen molar-refractivity contribution in [2.45, 2.75) is 41.0 Å². The summed E-state index contributed by atoms with van der Waals surface area (Å²) in [4.78, 5) is 6.92. The topological polar surface area (TPSA) is 39.7 Å². The molecule has 0 atom stereocenters. The molecule has 0 spiro atoms. The quantitative estimate of drug-likeness (QED) is 0.375. The molecule has 0 aromatic carbocycles. The molecule has 0 fully saturated rings. The third-order valence-corrected chi connectivity index (χ3v) is 2.77. The summed E-state index contributed by atoms with van der Waals surface area (Å²) in [7, 11) is 4.22. The van der Waals surface area contributed by atoms with Crippen LogP contribution in [-0.2, 0) is 0 Å². The molecule has 0 aliphatic rings. The number of aliphatic imine (C=N–C) groups is 1. The third kappa shape index (κ3) is 13.0. The Hall–Kier alpha value is -0.0400. The van der Waals surface area contributed by atoms with E-state index in [1.807, 2.05) is 0 Å².